The molecule has 0 spiro atoms. The predicted octanol–water partition coefficient (Wildman–Crippen LogP) is 3.67. The SMILES string of the molecule is Cc1cc(F)ccc1Oc1cc(Cl)ccc1/C(N)=N/O. The van der Waals surface area contributed by atoms with E-state index in [1.165, 1.54) is 24.3 Å². The van der Waals surface area contributed by atoms with Crippen molar-refractivity contribution in [3.05, 3.63) is 58.4 Å². The average molecular weight is 295 g/mol. The maximum Gasteiger partial charge on any atom is 0.173 e. The fourth-order valence-corrected chi connectivity index (χ4v) is 1.85. The van der Waals surface area contributed by atoms with Gasteiger partial charge in [0.2, 0.25) is 0 Å². The van der Waals surface area contributed by atoms with Gasteiger partial charge in [0.1, 0.15) is 17.3 Å². The van der Waals surface area contributed by atoms with Crippen LogP contribution in [-0.2, 0) is 0 Å². The van der Waals surface area contributed by atoms with Crippen LogP contribution in [0.2, 0.25) is 5.02 Å². The summed E-state index contributed by atoms with van der Waals surface area (Å²) in [6.07, 6.45) is 0. The Labute approximate surface area is 120 Å². The lowest BCUT2D eigenvalue weighted by Gasteiger charge is -2.12. The minimum Gasteiger partial charge on any atom is -0.456 e. The van der Waals surface area contributed by atoms with E-state index in [1.807, 2.05) is 0 Å². The largest absolute Gasteiger partial charge is 0.456 e. The molecule has 3 N–H and O–H groups in total. The molecule has 0 heterocycles. The molecule has 20 heavy (non-hydrogen) atoms. The smallest absolute Gasteiger partial charge is 0.173 e. The number of nitrogens with zero attached hydrogens (tertiary/aromatic N) is 1. The number of hydrogen-bond donors (Lipinski definition) is 2. The summed E-state index contributed by atoms with van der Waals surface area (Å²) in [4.78, 5) is 0. The normalized spacial score (nSPS) is 11.4. The first-order chi connectivity index (χ1) is 9.51. The minimum absolute atomic E-state index is 0.101. The van der Waals surface area contributed by atoms with Crippen LogP contribution in [0.25, 0.3) is 0 Å². The van der Waals surface area contributed by atoms with E-state index in [1.54, 1.807) is 19.1 Å². The molecule has 2 aromatic carbocycles. The maximum atomic E-state index is 13.1. The van der Waals surface area contributed by atoms with Crippen LogP contribution in [0.4, 0.5) is 4.39 Å². The Balaban J connectivity index is 2.44. The fourth-order valence-electron chi connectivity index (χ4n) is 1.69. The van der Waals surface area contributed by atoms with Crippen LogP contribution in [-0.4, -0.2) is 11.0 Å². The van der Waals surface area contributed by atoms with Gasteiger partial charge in [-0.25, -0.2) is 4.39 Å². The lowest BCUT2D eigenvalue weighted by molar-refractivity contribution is 0.318. The first-order valence-electron chi connectivity index (χ1n) is 5.72. The molecule has 0 saturated carbocycles. The zero-order valence-electron chi connectivity index (χ0n) is 10.6. The third-order valence-electron chi connectivity index (χ3n) is 2.68. The molecule has 0 aliphatic heterocycles. The first kappa shape index (κ1) is 14.1. The highest BCUT2D eigenvalue weighted by Crippen LogP contribution is 2.30. The molecule has 2 rings (SSSR count). The van der Waals surface area contributed by atoms with Gasteiger partial charge in [-0.15, -0.1) is 0 Å². The van der Waals surface area contributed by atoms with Crippen molar-refractivity contribution in [3.63, 3.8) is 0 Å². The van der Waals surface area contributed by atoms with Gasteiger partial charge >= 0.3 is 0 Å². The number of oxime groups is 1. The summed E-state index contributed by atoms with van der Waals surface area (Å²) in [5.74, 6) is 0.331. The van der Waals surface area contributed by atoms with Gasteiger partial charge in [-0.2, -0.15) is 0 Å². The highest BCUT2D eigenvalue weighted by atomic mass is 35.5. The van der Waals surface area contributed by atoms with Gasteiger partial charge < -0.3 is 15.7 Å². The molecule has 0 bridgehead atoms. The molecule has 6 heteroatoms. The topological polar surface area (TPSA) is 67.8 Å². The van der Waals surface area contributed by atoms with E-state index < -0.39 is 0 Å². The fraction of sp³-hybridized carbons (Fsp3) is 0.0714. The van der Waals surface area contributed by atoms with E-state index in [0.29, 0.717) is 27.6 Å². The van der Waals surface area contributed by atoms with Crippen molar-refractivity contribution in [2.45, 2.75) is 6.92 Å². The number of ether oxygens (including phenoxy) is 1. The molecule has 2 aromatic rings. The number of amidine groups is 1. The maximum absolute atomic E-state index is 13.1. The van der Waals surface area contributed by atoms with Crippen LogP contribution in [0.15, 0.2) is 41.6 Å². The molecule has 0 unspecified atom stereocenters. The summed E-state index contributed by atoms with van der Waals surface area (Å²) in [7, 11) is 0. The standard InChI is InChI=1S/C14H12ClFN2O2/c1-8-6-10(16)3-5-12(8)20-13-7-9(15)2-4-11(13)14(17)18-19/h2-7,19H,1H3,(H2,17,18). The third-order valence-corrected chi connectivity index (χ3v) is 2.92. The second-order valence-electron chi connectivity index (χ2n) is 4.14. The van der Waals surface area contributed by atoms with Crippen molar-refractivity contribution >= 4 is 17.4 Å². The van der Waals surface area contributed by atoms with Gasteiger partial charge in [-0.1, -0.05) is 16.8 Å². The monoisotopic (exact) mass is 294 g/mol. The molecule has 0 atom stereocenters. The number of benzene rings is 2. The molecule has 0 aromatic heterocycles. The molecule has 0 radical (unpaired) electrons. The minimum atomic E-state index is -0.349. The van der Waals surface area contributed by atoms with Gasteiger partial charge in [-0.3, -0.25) is 0 Å². The summed E-state index contributed by atoms with van der Waals surface area (Å²) in [6, 6.07) is 8.85. The Hall–Kier alpha value is -2.27. The van der Waals surface area contributed by atoms with Gasteiger partial charge in [0.15, 0.2) is 5.84 Å². The van der Waals surface area contributed by atoms with Gasteiger partial charge in [0.05, 0.1) is 5.56 Å². The van der Waals surface area contributed by atoms with Gasteiger partial charge in [0, 0.05) is 11.1 Å². The van der Waals surface area contributed by atoms with Gasteiger partial charge in [-0.05, 0) is 42.8 Å². The molecule has 0 fully saturated rings. The molecular weight excluding hydrogens is 283 g/mol. The Morgan fingerprint density at radius 3 is 2.65 bits per heavy atom. The number of halogens is 2. The third kappa shape index (κ3) is 3.00. The van der Waals surface area contributed by atoms with Crippen molar-refractivity contribution in [2.24, 2.45) is 10.9 Å². The van der Waals surface area contributed by atoms with Crippen LogP contribution in [0.1, 0.15) is 11.1 Å². The summed E-state index contributed by atoms with van der Waals surface area (Å²) in [6.45, 7) is 1.71. The predicted molar refractivity (Wildman–Crippen MR) is 75.2 cm³/mol. The summed E-state index contributed by atoms with van der Waals surface area (Å²) < 4.78 is 18.7. The summed E-state index contributed by atoms with van der Waals surface area (Å²) >= 11 is 5.91. The Morgan fingerprint density at radius 2 is 2.00 bits per heavy atom. The van der Waals surface area contributed by atoms with Crippen LogP contribution in [0.5, 0.6) is 11.5 Å². The molecule has 4 nitrogen and oxygen atoms in total. The molecule has 104 valence electrons. The molecular formula is C14H12ClFN2O2. The average Bonchev–Trinajstić information content (AvgIpc) is 2.41. The number of nitrogens with two attached hydrogens (primary N) is 1. The molecule has 0 aliphatic carbocycles. The highest BCUT2D eigenvalue weighted by molar-refractivity contribution is 6.30. The second-order valence-corrected chi connectivity index (χ2v) is 4.57. The van der Waals surface area contributed by atoms with Crippen molar-refractivity contribution in [1.82, 2.24) is 0 Å². The summed E-state index contributed by atoms with van der Waals surface area (Å²) in [5, 5.41) is 12.1. The lowest BCUT2D eigenvalue weighted by Crippen LogP contribution is -2.14. The Kier molecular flexibility index (Phi) is 4.10. The first-order valence-corrected chi connectivity index (χ1v) is 6.10. The van der Waals surface area contributed by atoms with E-state index in [2.05, 4.69) is 5.16 Å². The highest BCUT2D eigenvalue weighted by Gasteiger charge is 2.11. The van der Waals surface area contributed by atoms with E-state index in [-0.39, 0.29) is 11.7 Å². The molecule has 0 aliphatic rings. The lowest BCUT2D eigenvalue weighted by atomic mass is 10.1. The van der Waals surface area contributed by atoms with E-state index in [0.717, 1.165) is 0 Å². The second kappa shape index (κ2) is 5.79. The Bertz CT molecular complexity index is 674. The van der Waals surface area contributed by atoms with Crippen LogP contribution >= 0.6 is 11.6 Å². The van der Waals surface area contributed by atoms with Crippen LogP contribution < -0.4 is 10.5 Å². The van der Waals surface area contributed by atoms with Crippen molar-refractivity contribution in [3.8, 4) is 11.5 Å². The van der Waals surface area contributed by atoms with Crippen LogP contribution in [0, 0.1) is 12.7 Å². The van der Waals surface area contributed by atoms with E-state index in [4.69, 9.17) is 27.3 Å². The zero-order valence-corrected chi connectivity index (χ0v) is 11.4. The van der Waals surface area contributed by atoms with E-state index >= 15 is 0 Å². The Morgan fingerprint density at radius 1 is 1.25 bits per heavy atom. The van der Waals surface area contributed by atoms with Crippen molar-refractivity contribution < 1.29 is 14.3 Å². The number of aryl methyl sites for hydroxylation is 1. The van der Waals surface area contributed by atoms with Gasteiger partial charge in [0.25, 0.3) is 0 Å². The van der Waals surface area contributed by atoms with Crippen molar-refractivity contribution in [2.75, 3.05) is 0 Å². The number of rotatable bonds is 3. The summed E-state index contributed by atoms with van der Waals surface area (Å²) in [5.41, 5.74) is 6.59. The van der Waals surface area contributed by atoms with Crippen LogP contribution in [0.3, 0.4) is 0 Å². The quantitative estimate of drug-likeness (QED) is 0.393. The number of hydrogen-bond acceptors (Lipinski definition) is 3. The van der Waals surface area contributed by atoms with E-state index in [9.17, 15) is 4.39 Å². The zero-order chi connectivity index (χ0) is 14.7. The van der Waals surface area contributed by atoms with Crippen molar-refractivity contribution in [1.29, 1.82) is 0 Å². The molecule has 0 amide bonds. The molecule has 0 saturated heterocycles.